The molecule has 11 heteroatoms. The monoisotopic (exact) mass is 400 g/mol. The lowest BCUT2D eigenvalue weighted by molar-refractivity contribution is -0.168. The van der Waals surface area contributed by atoms with E-state index in [1.807, 2.05) is 0 Å². The summed E-state index contributed by atoms with van der Waals surface area (Å²) in [6, 6.07) is 1.27. The van der Waals surface area contributed by atoms with Gasteiger partial charge in [0.05, 0.1) is 26.2 Å². The fourth-order valence-electron chi connectivity index (χ4n) is 2.23. The van der Waals surface area contributed by atoms with Gasteiger partial charge in [-0.05, 0) is 25.9 Å². The minimum atomic E-state index is -2.16. The summed E-state index contributed by atoms with van der Waals surface area (Å²) >= 11 is 0. The SMILES string of the molecule is CCOC(=O)COc1cc(CC(NC(C)=O)(C(=O)OCC)C(=O)OCC)on1. The molecule has 1 aromatic heterocycles. The van der Waals surface area contributed by atoms with Crippen LogP contribution in [0.25, 0.3) is 0 Å². The number of ether oxygens (including phenoxy) is 4. The number of nitrogens with zero attached hydrogens (tertiary/aromatic N) is 1. The number of carbonyl (C=O) groups excluding carboxylic acids is 4. The average molecular weight is 400 g/mol. The van der Waals surface area contributed by atoms with E-state index in [2.05, 4.69) is 10.5 Å². The van der Waals surface area contributed by atoms with Crippen LogP contribution in [0.1, 0.15) is 33.5 Å². The Labute approximate surface area is 161 Å². The third-order valence-electron chi connectivity index (χ3n) is 3.26. The first kappa shape index (κ1) is 22.9. The van der Waals surface area contributed by atoms with Gasteiger partial charge < -0.3 is 28.8 Å². The van der Waals surface area contributed by atoms with Gasteiger partial charge in [-0.3, -0.25) is 4.79 Å². The zero-order valence-corrected chi connectivity index (χ0v) is 16.2. The highest BCUT2D eigenvalue weighted by Gasteiger charge is 2.51. The lowest BCUT2D eigenvalue weighted by atomic mass is 9.93. The highest BCUT2D eigenvalue weighted by atomic mass is 16.6. The molecule has 0 aliphatic carbocycles. The van der Waals surface area contributed by atoms with E-state index < -0.39 is 42.4 Å². The molecule has 0 aromatic carbocycles. The van der Waals surface area contributed by atoms with E-state index in [0.29, 0.717) is 0 Å². The predicted octanol–water partition coefficient (Wildman–Crippen LogP) is 0.160. The maximum absolute atomic E-state index is 12.5. The van der Waals surface area contributed by atoms with E-state index in [1.165, 1.54) is 6.07 Å². The molecule has 0 radical (unpaired) electrons. The Balaban J connectivity index is 3.08. The van der Waals surface area contributed by atoms with E-state index in [4.69, 9.17) is 23.5 Å². The van der Waals surface area contributed by atoms with Crippen LogP contribution in [-0.4, -0.2) is 60.9 Å². The predicted molar refractivity (Wildman–Crippen MR) is 92.1 cm³/mol. The van der Waals surface area contributed by atoms with Crippen molar-refractivity contribution in [2.45, 2.75) is 39.7 Å². The van der Waals surface area contributed by atoms with E-state index >= 15 is 0 Å². The van der Waals surface area contributed by atoms with Gasteiger partial charge in [0.2, 0.25) is 11.4 Å². The van der Waals surface area contributed by atoms with Crippen LogP contribution in [0.5, 0.6) is 5.88 Å². The van der Waals surface area contributed by atoms with Gasteiger partial charge in [-0.1, -0.05) is 0 Å². The number of nitrogens with one attached hydrogen (secondary N) is 1. The van der Waals surface area contributed by atoms with Crippen molar-refractivity contribution in [3.8, 4) is 5.88 Å². The summed E-state index contributed by atoms with van der Waals surface area (Å²) in [4.78, 5) is 48.0. The average Bonchev–Trinajstić information content (AvgIpc) is 3.07. The van der Waals surface area contributed by atoms with Gasteiger partial charge in [0.1, 0.15) is 5.76 Å². The Kier molecular flexibility index (Phi) is 8.93. The van der Waals surface area contributed by atoms with E-state index in [-0.39, 0.29) is 31.5 Å². The van der Waals surface area contributed by atoms with Crippen LogP contribution in [0.3, 0.4) is 0 Å². The second-order valence-corrected chi connectivity index (χ2v) is 5.43. The summed E-state index contributed by atoms with van der Waals surface area (Å²) in [7, 11) is 0. The quantitative estimate of drug-likeness (QED) is 0.310. The zero-order valence-electron chi connectivity index (χ0n) is 16.2. The van der Waals surface area contributed by atoms with Crippen LogP contribution < -0.4 is 10.1 Å². The first-order valence-corrected chi connectivity index (χ1v) is 8.66. The molecule has 0 saturated carbocycles. The second-order valence-electron chi connectivity index (χ2n) is 5.43. The first-order valence-electron chi connectivity index (χ1n) is 8.66. The number of amides is 1. The summed E-state index contributed by atoms with van der Waals surface area (Å²) in [6.07, 6.45) is -0.431. The van der Waals surface area contributed by atoms with Gasteiger partial charge in [-0.2, -0.15) is 0 Å². The molecule has 0 aliphatic rings. The van der Waals surface area contributed by atoms with Crippen molar-refractivity contribution in [1.29, 1.82) is 0 Å². The number of aromatic nitrogens is 1. The van der Waals surface area contributed by atoms with Crippen molar-refractivity contribution in [1.82, 2.24) is 10.5 Å². The molecule has 1 N–H and O–H groups in total. The van der Waals surface area contributed by atoms with Gasteiger partial charge in [0.15, 0.2) is 6.61 Å². The van der Waals surface area contributed by atoms with Crippen LogP contribution in [-0.2, 0) is 39.8 Å². The second kappa shape index (κ2) is 10.9. The van der Waals surface area contributed by atoms with Crippen molar-refractivity contribution >= 4 is 23.8 Å². The summed E-state index contributed by atoms with van der Waals surface area (Å²) < 4.78 is 24.8. The molecule has 11 nitrogen and oxygen atoms in total. The fraction of sp³-hybridized carbons (Fsp3) is 0.588. The highest BCUT2D eigenvalue weighted by molar-refractivity contribution is 6.08. The molecule has 28 heavy (non-hydrogen) atoms. The number of hydrogen-bond acceptors (Lipinski definition) is 10. The Morgan fingerprint density at radius 1 is 1.04 bits per heavy atom. The first-order chi connectivity index (χ1) is 13.3. The molecule has 0 unspecified atom stereocenters. The molecule has 0 atom stereocenters. The van der Waals surface area contributed by atoms with E-state index in [9.17, 15) is 19.2 Å². The lowest BCUT2D eigenvalue weighted by Crippen LogP contribution is -2.62. The molecule has 0 saturated heterocycles. The molecule has 1 aromatic rings. The van der Waals surface area contributed by atoms with Crippen molar-refractivity contribution in [2.24, 2.45) is 0 Å². The molecule has 1 heterocycles. The molecule has 1 amide bonds. The van der Waals surface area contributed by atoms with Crippen molar-refractivity contribution < 1.29 is 42.6 Å². The number of carbonyl (C=O) groups is 4. The van der Waals surface area contributed by atoms with Crippen LogP contribution in [0, 0.1) is 0 Å². The van der Waals surface area contributed by atoms with Crippen molar-refractivity contribution in [3.63, 3.8) is 0 Å². The Morgan fingerprint density at radius 2 is 1.61 bits per heavy atom. The van der Waals surface area contributed by atoms with Crippen molar-refractivity contribution in [2.75, 3.05) is 26.4 Å². The molecule has 0 bridgehead atoms. The molecule has 0 fully saturated rings. The van der Waals surface area contributed by atoms with Gasteiger partial charge in [0.25, 0.3) is 5.88 Å². The standard InChI is InChI=1S/C17H24N2O9/c1-5-24-14(21)10-27-13-8-12(28-19-13)9-17(18-11(4)20,15(22)25-6-2)16(23)26-7-3/h8H,5-7,9-10H2,1-4H3,(H,18,20). The largest absolute Gasteiger partial charge is 0.464 e. The third-order valence-corrected chi connectivity index (χ3v) is 3.26. The van der Waals surface area contributed by atoms with Gasteiger partial charge in [-0.25, -0.2) is 14.4 Å². The summed E-state index contributed by atoms with van der Waals surface area (Å²) in [5.74, 6) is -3.30. The normalized spacial score (nSPS) is 10.7. The molecule has 156 valence electrons. The van der Waals surface area contributed by atoms with E-state index in [1.54, 1.807) is 20.8 Å². The molecular formula is C17H24N2O9. The van der Waals surface area contributed by atoms with Crippen LogP contribution in [0.4, 0.5) is 0 Å². The van der Waals surface area contributed by atoms with Gasteiger partial charge in [0, 0.05) is 13.0 Å². The number of hydrogen-bond donors (Lipinski definition) is 1. The Morgan fingerprint density at radius 3 is 2.11 bits per heavy atom. The summed E-state index contributed by atoms with van der Waals surface area (Å²) in [5.41, 5.74) is -2.16. The third kappa shape index (κ3) is 6.25. The number of esters is 3. The maximum Gasteiger partial charge on any atom is 0.344 e. The maximum atomic E-state index is 12.5. The van der Waals surface area contributed by atoms with Crippen LogP contribution in [0.15, 0.2) is 10.6 Å². The topological polar surface area (TPSA) is 143 Å². The Bertz CT molecular complexity index is 681. The van der Waals surface area contributed by atoms with Crippen molar-refractivity contribution in [3.05, 3.63) is 11.8 Å². The number of rotatable bonds is 11. The minimum Gasteiger partial charge on any atom is -0.464 e. The van der Waals surface area contributed by atoms with Crippen LogP contribution in [0.2, 0.25) is 0 Å². The smallest absolute Gasteiger partial charge is 0.344 e. The van der Waals surface area contributed by atoms with Crippen LogP contribution >= 0.6 is 0 Å². The molecular weight excluding hydrogens is 376 g/mol. The summed E-state index contributed by atoms with van der Waals surface area (Å²) in [5, 5.41) is 5.90. The Hall–Kier alpha value is -3.11. The van der Waals surface area contributed by atoms with E-state index in [0.717, 1.165) is 6.92 Å². The summed E-state index contributed by atoms with van der Waals surface area (Å²) in [6.45, 7) is 5.65. The fourth-order valence-corrected chi connectivity index (χ4v) is 2.23. The minimum absolute atomic E-state index is 0.0220. The lowest BCUT2D eigenvalue weighted by Gasteiger charge is -2.28. The molecule has 1 rings (SSSR count). The van der Waals surface area contributed by atoms with Gasteiger partial charge >= 0.3 is 17.9 Å². The molecule has 0 aliphatic heterocycles. The van der Waals surface area contributed by atoms with Gasteiger partial charge in [-0.15, -0.1) is 0 Å². The zero-order chi connectivity index (χ0) is 21.2. The highest BCUT2D eigenvalue weighted by Crippen LogP contribution is 2.21. The molecule has 0 spiro atoms.